The predicted octanol–water partition coefficient (Wildman–Crippen LogP) is 12.3. The van der Waals surface area contributed by atoms with Crippen molar-refractivity contribution in [1.29, 1.82) is 0 Å². The Hall–Kier alpha value is -3.66. The van der Waals surface area contributed by atoms with E-state index in [0.29, 0.717) is 17.4 Å². The first-order chi connectivity index (χ1) is 29.4. The van der Waals surface area contributed by atoms with Gasteiger partial charge in [-0.15, -0.1) is 0 Å². The summed E-state index contributed by atoms with van der Waals surface area (Å²) in [4.78, 5) is 47.7. The Bertz CT molecular complexity index is 1460. The normalized spacial score (nSPS) is 14.5. The van der Waals surface area contributed by atoms with E-state index in [1.54, 1.807) is 6.08 Å². The second kappa shape index (κ2) is 40.4. The number of phosphoric acid groups is 1. The first kappa shape index (κ1) is 57.3. The van der Waals surface area contributed by atoms with Crippen molar-refractivity contribution < 1.29 is 46.8 Å². The predicted molar refractivity (Wildman–Crippen MR) is 252 cm³/mol. The highest BCUT2D eigenvalue weighted by Crippen LogP contribution is 2.43. The second-order valence-corrected chi connectivity index (χ2v) is 17.2. The molecule has 61 heavy (non-hydrogen) atoms. The molecule has 0 heterocycles. The standard InChI is InChI=1S/C50H80NO9P/c1-6-8-10-12-14-16-18-20-21-22-23-24-25-27-29-31-33-35-37-41-49(53)57-45-48(46-59-61(55,56)58-44-43-51(3,4)5)60-50(54)42-38-40-47(52)39-36-34-32-30-28-26-19-17-15-13-11-9-7-2/h8,10,14-17,20-21,23-24,26-29,32,34,36,39,48H,6-7,9,11-13,18-19,22,25,30-31,33,35,37-38,40-46H2,1-5H3/p+1/b10-8-,16-14-,17-15-,21-20-,24-23-,28-26-,29-27-,34-32-,39-36+/t48-/m1/s1. The lowest BCUT2D eigenvalue weighted by Gasteiger charge is -2.24. The summed E-state index contributed by atoms with van der Waals surface area (Å²) >= 11 is 0. The number of allylic oxidation sites excluding steroid dienone is 18. The maximum Gasteiger partial charge on any atom is 0.472 e. The Labute approximate surface area is 370 Å². The highest BCUT2D eigenvalue weighted by atomic mass is 31.2. The first-order valence-corrected chi connectivity index (χ1v) is 24.1. The quantitative estimate of drug-likeness (QED) is 0.0122. The van der Waals surface area contributed by atoms with Gasteiger partial charge in [0.15, 0.2) is 11.9 Å². The average molecular weight is 871 g/mol. The van der Waals surface area contributed by atoms with Crippen LogP contribution in [0.1, 0.15) is 136 Å². The number of esters is 2. The summed E-state index contributed by atoms with van der Waals surface area (Å²) in [7, 11) is 1.29. The molecule has 0 aromatic rings. The summed E-state index contributed by atoms with van der Waals surface area (Å²) < 4.78 is 34.0. The number of carbonyl (C=O) groups excluding carboxylic acids is 3. The largest absolute Gasteiger partial charge is 0.472 e. The lowest BCUT2D eigenvalue weighted by molar-refractivity contribution is -0.870. The van der Waals surface area contributed by atoms with Gasteiger partial charge in [0.1, 0.15) is 19.8 Å². The number of carbonyl (C=O) groups is 3. The molecule has 11 heteroatoms. The van der Waals surface area contributed by atoms with Crippen LogP contribution in [0.5, 0.6) is 0 Å². The lowest BCUT2D eigenvalue weighted by Crippen LogP contribution is -2.37. The van der Waals surface area contributed by atoms with Gasteiger partial charge in [-0.05, 0) is 89.5 Å². The Morgan fingerprint density at radius 1 is 0.574 bits per heavy atom. The van der Waals surface area contributed by atoms with E-state index in [2.05, 4.69) is 98.9 Å². The molecule has 0 bridgehead atoms. The van der Waals surface area contributed by atoms with Crippen molar-refractivity contribution >= 4 is 25.5 Å². The highest BCUT2D eigenvalue weighted by Gasteiger charge is 2.27. The minimum absolute atomic E-state index is 0.0236. The molecule has 0 amide bonds. The van der Waals surface area contributed by atoms with Crippen LogP contribution in [0, 0.1) is 0 Å². The highest BCUT2D eigenvalue weighted by molar-refractivity contribution is 7.47. The van der Waals surface area contributed by atoms with Gasteiger partial charge in [-0.2, -0.15) is 0 Å². The van der Waals surface area contributed by atoms with Crippen LogP contribution in [0.3, 0.4) is 0 Å². The summed E-state index contributed by atoms with van der Waals surface area (Å²) in [6, 6.07) is 0. The molecule has 0 radical (unpaired) electrons. The molecule has 0 rings (SSSR count). The summed E-state index contributed by atoms with van der Waals surface area (Å²) in [5, 5.41) is 0. The SMILES string of the molecule is CC/C=C\C/C=C\C/C=C\C/C=C\C/C=C\CCCCCC(=O)OC[C@H](COP(=O)(O)OCC[N+](C)(C)C)OC(=O)CCCC(=O)/C=C/C=C\C/C=C\C/C=C\CCCCC. The summed E-state index contributed by atoms with van der Waals surface area (Å²) in [5.74, 6) is -1.23. The third-order valence-electron chi connectivity index (χ3n) is 8.76. The van der Waals surface area contributed by atoms with Gasteiger partial charge in [0.2, 0.25) is 0 Å². The monoisotopic (exact) mass is 871 g/mol. The second-order valence-electron chi connectivity index (χ2n) is 15.7. The van der Waals surface area contributed by atoms with Gasteiger partial charge in [0, 0.05) is 19.3 Å². The topological polar surface area (TPSA) is 125 Å². The van der Waals surface area contributed by atoms with Crippen molar-refractivity contribution in [3.63, 3.8) is 0 Å². The van der Waals surface area contributed by atoms with E-state index in [1.165, 1.54) is 25.3 Å². The van der Waals surface area contributed by atoms with E-state index in [4.69, 9.17) is 18.5 Å². The number of unbranched alkanes of at least 4 members (excludes halogenated alkanes) is 6. The van der Waals surface area contributed by atoms with Crippen LogP contribution in [0.2, 0.25) is 0 Å². The average Bonchev–Trinajstić information content (AvgIpc) is 3.21. The Morgan fingerprint density at radius 3 is 1.66 bits per heavy atom. The maximum absolute atomic E-state index is 12.7. The number of hydrogen-bond donors (Lipinski definition) is 1. The van der Waals surface area contributed by atoms with Gasteiger partial charge in [0.25, 0.3) is 0 Å². The van der Waals surface area contributed by atoms with Crippen molar-refractivity contribution in [2.24, 2.45) is 0 Å². The number of hydrogen-bond acceptors (Lipinski definition) is 8. The molecule has 0 fully saturated rings. The van der Waals surface area contributed by atoms with Crippen LogP contribution in [-0.2, 0) is 37.5 Å². The molecule has 0 spiro atoms. The zero-order valence-electron chi connectivity index (χ0n) is 38.3. The third kappa shape index (κ3) is 44.2. The number of nitrogens with zero attached hydrogens (tertiary/aromatic N) is 1. The van der Waals surface area contributed by atoms with E-state index in [0.717, 1.165) is 70.6 Å². The van der Waals surface area contributed by atoms with Gasteiger partial charge < -0.3 is 18.9 Å². The number of likely N-dealkylation sites (N-methyl/N-ethyl adjacent to an activating group) is 1. The molecule has 1 N–H and O–H groups in total. The zero-order chi connectivity index (χ0) is 45.1. The maximum atomic E-state index is 12.7. The van der Waals surface area contributed by atoms with Crippen molar-refractivity contribution in [2.75, 3.05) is 47.5 Å². The molecular weight excluding hydrogens is 790 g/mol. The van der Waals surface area contributed by atoms with E-state index in [9.17, 15) is 23.8 Å². The fourth-order valence-corrected chi connectivity index (χ4v) is 5.97. The van der Waals surface area contributed by atoms with Gasteiger partial charge in [-0.25, -0.2) is 4.57 Å². The summed E-state index contributed by atoms with van der Waals surface area (Å²) in [6.45, 7) is 3.92. The van der Waals surface area contributed by atoms with Crippen LogP contribution in [-0.4, -0.2) is 80.7 Å². The van der Waals surface area contributed by atoms with E-state index >= 15 is 0 Å². The van der Waals surface area contributed by atoms with Crippen LogP contribution in [0.25, 0.3) is 0 Å². The number of quaternary nitrogens is 1. The summed E-state index contributed by atoms with van der Waals surface area (Å²) in [5.41, 5.74) is 0. The fraction of sp³-hybridized carbons (Fsp3) is 0.580. The summed E-state index contributed by atoms with van der Waals surface area (Å²) in [6.07, 6.45) is 51.4. The number of rotatable bonds is 39. The Balaban J connectivity index is 4.62. The molecule has 2 atom stereocenters. The van der Waals surface area contributed by atoms with Crippen LogP contribution in [0.4, 0.5) is 0 Å². The van der Waals surface area contributed by atoms with Crippen molar-refractivity contribution in [2.45, 2.75) is 142 Å². The molecule has 0 aliphatic rings. The van der Waals surface area contributed by atoms with Crippen molar-refractivity contribution in [3.05, 3.63) is 109 Å². The lowest BCUT2D eigenvalue weighted by atomic mass is 10.1. The number of phosphoric ester groups is 1. The zero-order valence-corrected chi connectivity index (χ0v) is 39.2. The Kier molecular flexibility index (Phi) is 38.0. The molecule has 1 unspecified atom stereocenters. The van der Waals surface area contributed by atoms with Crippen LogP contribution >= 0.6 is 7.82 Å². The minimum atomic E-state index is -4.46. The molecule has 0 aliphatic carbocycles. The minimum Gasteiger partial charge on any atom is -0.462 e. The fourth-order valence-electron chi connectivity index (χ4n) is 5.23. The van der Waals surface area contributed by atoms with E-state index < -0.39 is 32.5 Å². The first-order valence-electron chi connectivity index (χ1n) is 22.6. The van der Waals surface area contributed by atoms with Gasteiger partial charge in [0.05, 0.1) is 27.7 Å². The third-order valence-corrected chi connectivity index (χ3v) is 9.75. The number of ketones is 1. The number of ether oxygens (including phenoxy) is 2. The van der Waals surface area contributed by atoms with Crippen LogP contribution in [0.15, 0.2) is 109 Å². The molecule has 0 aliphatic heterocycles. The van der Waals surface area contributed by atoms with E-state index in [-0.39, 0.29) is 44.7 Å². The molecule has 0 saturated carbocycles. The smallest absolute Gasteiger partial charge is 0.462 e. The Morgan fingerprint density at radius 2 is 1.10 bits per heavy atom. The van der Waals surface area contributed by atoms with Crippen molar-refractivity contribution in [1.82, 2.24) is 0 Å². The molecule has 0 aromatic heterocycles. The van der Waals surface area contributed by atoms with Crippen LogP contribution < -0.4 is 0 Å². The van der Waals surface area contributed by atoms with Gasteiger partial charge in [-0.3, -0.25) is 23.4 Å². The van der Waals surface area contributed by atoms with Gasteiger partial charge in [-0.1, -0.05) is 136 Å². The molecule has 0 saturated heterocycles. The van der Waals surface area contributed by atoms with E-state index in [1.807, 2.05) is 33.3 Å². The molecule has 0 aromatic carbocycles. The molecule has 344 valence electrons. The van der Waals surface area contributed by atoms with Gasteiger partial charge >= 0.3 is 19.8 Å². The molecular formula is C50H81NO9P+. The van der Waals surface area contributed by atoms with Crippen molar-refractivity contribution in [3.8, 4) is 0 Å². The molecule has 10 nitrogen and oxygen atoms in total.